The van der Waals surface area contributed by atoms with Crippen LogP contribution in [0.15, 0.2) is 47.1 Å². The molecule has 2 fully saturated rings. The highest BCUT2D eigenvalue weighted by molar-refractivity contribution is 6.30. The molecule has 1 unspecified atom stereocenters. The number of aliphatic hydroxyl groups excluding tert-OH is 4. The van der Waals surface area contributed by atoms with Crippen molar-refractivity contribution < 1.29 is 49.3 Å². The van der Waals surface area contributed by atoms with Crippen LogP contribution in [0, 0.1) is 5.41 Å². The zero-order valence-corrected chi connectivity index (χ0v) is 27.8. The third kappa shape index (κ3) is 6.20. The van der Waals surface area contributed by atoms with Gasteiger partial charge in [-0.25, -0.2) is 0 Å². The van der Waals surface area contributed by atoms with Crippen LogP contribution >= 0.6 is 0 Å². The number of hydrogen-bond acceptors (Lipinski definition) is 13. The highest BCUT2D eigenvalue weighted by Crippen LogP contribution is 2.50. The van der Waals surface area contributed by atoms with Gasteiger partial charge in [-0.2, -0.15) is 0 Å². The lowest BCUT2D eigenvalue weighted by Crippen LogP contribution is -2.60. The number of benzene rings is 2. The summed E-state index contributed by atoms with van der Waals surface area (Å²) in [4.78, 5) is 32.7. The molecule has 0 spiro atoms. The Balaban J connectivity index is 1.46. The summed E-state index contributed by atoms with van der Waals surface area (Å²) in [6.07, 6.45) is 1.50. The zero-order chi connectivity index (χ0) is 35.9. The Morgan fingerprint density at radius 3 is 2.44 bits per heavy atom. The van der Waals surface area contributed by atoms with Crippen molar-refractivity contribution >= 4 is 17.5 Å². The predicted molar refractivity (Wildman–Crippen MR) is 180 cm³/mol. The number of aliphatic hydroxyl groups is 4. The summed E-state index contributed by atoms with van der Waals surface area (Å²) in [6, 6.07) is 4.34. The molecule has 1 saturated heterocycles. The minimum atomic E-state index is -1.79. The van der Waals surface area contributed by atoms with E-state index >= 15 is 0 Å². The molecule has 15 nitrogen and oxygen atoms in total. The number of fused-ring (bicyclic) bond motifs is 2. The highest BCUT2D eigenvalue weighted by Gasteiger charge is 2.46. The number of nitrogens with two attached hydrogens (primary N) is 2. The van der Waals surface area contributed by atoms with E-state index in [-0.39, 0.29) is 57.8 Å². The van der Waals surface area contributed by atoms with Crippen LogP contribution in [0.25, 0.3) is 0 Å². The number of nitrogens with one attached hydrogen (secondary N) is 2. The van der Waals surface area contributed by atoms with Crippen LogP contribution in [0.5, 0.6) is 17.2 Å². The molecule has 6 atom stereocenters. The van der Waals surface area contributed by atoms with Gasteiger partial charge in [0, 0.05) is 48.0 Å². The second-order valence-electron chi connectivity index (χ2n) is 13.1. The number of hydrogen-bond donors (Lipinski definition) is 9. The summed E-state index contributed by atoms with van der Waals surface area (Å²) in [5.74, 6) is -1.73. The van der Waals surface area contributed by atoms with E-state index in [2.05, 4.69) is 15.6 Å². The van der Waals surface area contributed by atoms with Gasteiger partial charge < -0.3 is 61.8 Å². The zero-order valence-electron chi connectivity index (χ0n) is 27.8. The summed E-state index contributed by atoms with van der Waals surface area (Å²) in [7, 11) is 2.86. The summed E-state index contributed by atoms with van der Waals surface area (Å²) < 4.78 is 16.8. The molecule has 1 saturated carbocycles. The third-order valence-corrected chi connectivity index (χ3v) is 10.1. The minimum Gasteiger partial charge on any atom is -0.507 e. The quantitative estimate of drug-likeness (QED) is 0.104. The molecule has 2 aromatic rings. The van der Waals surface area contributed by atoms with Gasteiger partial charge in [0.05, 0.1) is 31.0 Å². The van der Waals surface area contributed by atoms with Gasteiger partial charge >= 0.3 is 0 Å². The molecular weight excluding hydrogens is 650 g/mol. The SMILES string of the molecule is CN=C(N)NCc1c(CC2(C3=CNC(N)C=C3)CCCC2)cc2c(c1O)C(=O)c1c(O[C@@H]3O[C@H](CO)[C@@H](O)[C@H](O)[C@H]3O)cc(OC)cc1C2=O. The number of ketones is 2. The molecule has 2 aliphatic heterocycles. The molecule has 4 aliphatic rings. The van der Waals surface area contributed by atoms with E-state index in [1.807, 2.05) is 18.4 Å². The van der Waals surface area contributed by atoms with Crippen LogP contribution in [0.3, 0.4) is 0 Å². The number of allylic oxidation sites excluding steroid dienone is 2. The van der Waals surface area contributed by atoms with Crippen LogP contribution in [-0.4, -0.2) is 101 Å². The maximum absolute atomic E-state index is 14.4. The number of phenolic OH excluding ortho intramolecular Hbond substituents is 1. The van der Waals surface area contributed by atoms with Gasteiger partial charge in [0.1, 0.15) is 41.7 Å². The van der Waals surface area contributed by atoms with E-state index in [0.29, 0.717) is 17.5 Å². The fourth-order valence-corrected chi connectivity index (χ4v) is 7.37. The summed E-state index contributed by atoms with van der Waals surface area (Å²) in [6.45, 7) is -0.706. The highest BCUT2D eigenvalue weighted by atomic mass is 16.7. The van der Waals surface area contributed by atoms with Crippen LogP contribution in [0.1, 0.15) is 68.7 Å². The van der Waals surface area contributed by atoms with Crippen molar-refractivity contribution in [1.29, 1.82) is 0 Å². The number of guanidine groups is 1. The first kappa shape index (κ1) is 35.3. The van der Waals surface area contributed by atoms with Crippen molar-refractivity contribution in [3.63, 3.8) is 0 Å². The number of ether oxygens (including phenoxy) is 3. The maximum Gasteiger partial charge on any atom is 0.229 e. The second-order valence-corrected chi connectivity index (χ2v) is 13.1. The van der Waals surface area contributed by atoms with Gasteiger partial charge in [-0.05, 0) is 48.6 Å². The van der Waals surface area contributed by atoms with Crippen LogP contribution in [0.2, 0.25) is 0 Å². The number of carbonyl (C=O) groups is 2. The number of phenols is 1. The predicted octanol–water partition coefficient (Wildman–Crippen LogP) is -0.180. The lowest BCUT2D eigenvalue weighted by atomic mass is 9.71. The van der Waals surface area contributed by atoms with Gasteiger partial charge in [0.15, 0.2) is 11.7 Å². The minimum absolute atomic E-state index is 0.00310. The van der Waals surface area contributed by atoms with Crippen molar-refractivity contribution in [2.75, 3.05) is 20.8 Å². The summed E-state index contributed by atoms with van der Waals surface area (Å²) in [5, 5.41) is 59.0. The fraction of sp³-hybridized carbons (Fsp3) is 0.457. The Bertz CT molecular complexity index is 1770. The van der Waals surface area contributed by atoms with E-state index in [9.17, 15) is 35.1 Å². The van der Waals surface area contributed by atoms with Gasteiger partial charge in [0.25, 0.3) is 0 Å². The molecule has 0 aromatic heterocycles. The lowest BCUT2D eigenvalue weighted by molar-refractivity contribution is -0.277. The number of nitrogens with zero attached hydrogens (tertiary/aromatic N) is 1. The Labute approximate surface area is 288 Å². The molecule has 268 valence electrons. The molecular formula is C35H43N5O10. The molecule has 50 heavy (non-hydrogen) atoms. The average Bonchev–Trinajstić information content (AvgIpc) is 3.59. The van der Waals surface area contributed by atoms with Gasteiger partial charge in [0.2, 0.25) is 12.1 Å². The lowest BCUT2D eigenvalue weighted by Gasteiger charge is -2.40. The van der Waals surface area contributed by atoms with Gasteiger partial charge in [-0.1, -0.05) is 18.9 Å². The average molecular weight is 694 g/mol. The monoisotopic (exact) mass is 693 g/mol. The van der Waals surface area contributed by atoms with E-state index in [1.165, 1.54) is 26.3 Å². The molecule has 0 amide bonds. The smallest absolute Gasteiger partial charge is 0.229 e. The summed E-state index contributed by atoms with van der Waals surface area (Å²) >= 11 is 0. The van der Waals surface area contributed by atoms with Gasteiger partial charge in [-0.15, -0.1) is 0 Å². The summed E-state index contributed by atoms with van der Waals surface area (Å²) in [5.41, 5.74) is 13.2. The topological polar surface area (TPSA) is 251 Å². The van der Waals surface area contributed by atoms with Crippen molar-refractivity contribution in [3.05, 3.63) is 75.5 Å². The number of aliphatic imine (C=N–C) groups is 1. The molecule has 15 heteroatoms. The molecule has 0 radical (unpaired) electrons. The van der Waals surface area contributed by atoms with E-state index < -0.39 is 54.6 Å². The van der Waals surface area contributed by atoms with Crippen molar-refractivity contribution in [2.45, 2.75) is 75.5 Å². The number of aromatic hydroxyl groups is 1. The largest absolute Gasteiger partial charge is 0.507 e. The molecule has 2 heterocycles. The van der Waals surface area contributed by atoms with E-state index in [4.69, 9.17) is 25.7 Å². The Hall–Kier alpha value is -4.51. The molecule has 11 N–H and O–H groups in total. The van der Waals surface area contributed by atoms with Gasteiger partial charge in [-0.3, -0.25) is 14.6 Å². The fourth-order valence-electron chi connectivity index (χ4n) is 7.37. The number of carbonyl (C=O) groups excluding carboxylic acids is 2. The molecule has 0 bridgehead atoms. The normalized spacial score (nSPS) is 27.3. The van der Waals surface area contributed by atoms with Crippen molar-refractivity contribution in [3.8, 4) is 17.2 Å². The Kier molecular flexibility index (Phi) is 9.90. The first-order valence-corrected chi connectivity index (χ1v) is 16.5. The third-order valence-electron chi connectivity index (χ3n) is 10.1. The van der Waals surface area contributed by atoms with Crippen LogP contribution in [0.4, 0.5) is 0 Å². The molecule has 2 aliphatic carbocycles. The van der Waals surface area contributed by atoms with Crippen LogP contribution < -0.4 is 31.6 Å². The van der Waals surface area contributed by atoms with Crippen LogP contribution in [-0.2, 0) is 17.7 Å². The number of rotatable bonds is 9. The Morgan fingerprint density at radius 1 is 1.08 bits per heavy atom. The molecule has 2 aromatic carbocycles. The van der Waals surface area contributed by atoms with Crippen molar-refractivity contribution in [1.82, 2.24) is 10.6 Å². The maximum atomic E-state index is 14.4. The standard InChI is InChI=1S/C35H43N5O10/c1-38-34(37)40-14-21-16(12-35(7-3-4-8-35)17-5-6-24(36)39-13-17)9-19-26(28(21)43)30(45)25-20(27(19)42)10-18(48-2)11-22(25)49-33-32(47)31(46)29(44)23(15-41)50-33/h5-6,9-11,13,23-24,29,31-33,39,41,43-44,46-47H,3-4,7-8,12,14-15,36H2,1-2H3,(H3,37,38,40)/t23-,24?,29-,31+,32-,33-/m1/s1. The second kappa shape index (κ2) is 14.0. The van der Waals surface area contributed by atoms with E-state index in [0.717, 1.165) is 31.3 Å². The first-order valence-electron chi connectivity index (χ1n) is 16.5. The number of methoxy groups -OCH3 is 1. The number of dihydropyridines is 1. The first-order chi connectivity index (χ1) is 23.9. The Morgan fingerprint density at radius 2 is 1.80 bits per heavy atom. The van der Waals surface area contributed by atoms with Crippen molar-refractivity contribution in [2.24, 2.45) is 21.9 Å². The van der Waals surface area contributed by atoms with E-state index in [1.54, 1.807) is 6.07 Å². The molecule has 6 rings (SSSR count).